The minimum absolute atomic E-state index is 0.147. The fraction of sp³-hybridized carbons (Fsp3) is 0.333. The summed E-state index contributed by atoms with van der Waals surface area (Å²) in [7, 11) is 5.94. The SMILES string of the molecule is COc1ccc(C2CC(c3ccccc3)O[N+]2(C)C)cc1. The van der Waals surface area contributed by atoms with E-state index in [1.165, 1.54) is 11.1 Å². The molecule has 0 N–H and O–H groups in total. The molecule has 1 aliphatic heterocycles. The molecule has 110 valence electrons. The van der Waals surface area contributed by atoms with Crippen molar-refractivity contribution in [1.82, 2.24) is 0 Å². The van der Waals surface area contributed by atoms with E-state index in [9.17, 15) is 0 Å². The highest BCUT2D eigenvalue weighted by Crippen LogP contribution is 2.45. The van der Waals surface area contributed by atoms with Crippen molar-refractivity contribution in [3.8, 4) is 5.75 Å². The van der Waals surface area contributed by atoms with Gasteiger partial charge in [-0.05, 0) is 29.8 Å². The molecule has 0 aromatic heterocycles. The molecule has 3 heteroatoms. The number of rotatable bonds is 3. The van der Waals surface area contributed by atoms with Crippen molar-refractivity contribution in [3.63, 3.8) is 0 Å². The third-order valence-corrected chi connectivity index (χ3v) is 4.26. The number of hydrogen-bond acceptors (Lipinski definition) is 2. The van der Waals surface area contributed by atoms with Crippen LogP contribution in [-0.2, 0) is 4.84 Å². The topological polar surface area (TPSA) is 18.5 Å². The fourth-order valence-corrected chi connectivity index (χ4v) is 3.09. The van der Waals surface area contributed by atoms with E-state index in [2.05, 4.69) is 50.5 Å². The standard InChI is InChI=1S/C18H22NO2/c1-19(2)17(14-9-11-16(20-3)12-10-14)13-18(21-19)15-7-5-4-6-8-15/h4-12,17-18H,13H2,1-3H3/q+1. The van der Waals surface area contributed by atoms with E-state index in [1.807, 2.05) is 18.2 Å². The molecular weight excluding hydrogens is 262 g/mol. The highest BCUT2D eigenvalue weighted by Gasteiger charge is 2.44. The van der Waals surface area contributed by atoms with Crippen LogP contribution in [0, 0.1) is 0 Å². The summed E-state index contributed by atoms with van der Waals surface area (Å²) in [6.45, 7) is 0. The molecule has 3 rings (SSSR count). The third kappa shape index (κ3) is 2.80. The molecule has 0 radical (unpaired) electrons. The summed E-state index contributed by atoms with van der Waals surface area (Å²) in [6, 6.07) is 19.1. The van der Waals surface area contributed by atoms with E-state index in [4.69, 9.17) is 9.57 Å². The summed E-state index contributed by atoms with van der Waals surface area (Å²) in [6.07, 6.45) is 1.14. The van der Waals surface area contributed by atoms with Gasteiger partial charge < -0.3 is 4.74 Å². The maximum atomic E-state index is 6.26. The molecule has 2 aromatic carbocycles. The molecule has 1 aliphatic rings. The Morgan fingerprint density at radius 1 is 0.952 bits per heavy atom. The van der Waals surface area contributed by atoms with Crippen molar-refractivity contribution in [2.45, 2.75) is 18.6 Å². The predicted molar refractivity (Wildman–Crippen MR) is 82.7 cm³/mol. The van der Waals surface area contributed by atoms with E-state index in [0.717, 1.165) is 12.2 Å². The maximum Gasteiger partial charge on any atom is 0.148 e. The van der Waals surface area contributed by atoms with Gasteiger partial charge in [-0.2, -0.15) is 9.48 Å². The van der Waals surface area contributed by atoms with Crippen molar-refractivity contribution >= 4 is 0 Å². The number of hydroxylamine groups is 3. The van der Waals surface area contributed by atoms with Gasteiger partial charge in [0.15, 0.2) is 0 Å². The van der Waals surface area contributed by atoms with Crippen molar-refractivity contribution in [2.75, 3.05) is 21.2 Å². The number of benzene rings is 2. The average molecular weight is 284 g/mol. The largest absolute Gasteiger partial charge is 0.497 e. The summed E-state index contributed by atoms with van der Waals surface area (Å²) in [5.41, 5.74) is 2.54. The Morgan fingerprint density at radius 2 is 1.62 bits per heavy atom. The van der Waals surface area contributed by atoms with Gasteiger partial charge in [0, 0.05) is 12.0 Å². The summed E-state index contributed by atoms with van der Waals surface area (Å²) >= 11 is 0. The second-order valence-corrected chi connectivity index (χ2v) is 5.96. The lowest BCUT2D eigenvalue weighted by Gasteiger charge is -2.28. The number of quaternary nitrogens is 1. The van der Waals surface area contributed by atoms with Gasteiger partial charge in [0.25, 0.3) is 0 Å². The Balaban J connectivity index is 1.85. The minimum Gasteiger partial charge on any atom is -0.497 e. The van der Waals surface area contributed by atoms with Gasteiger partial charge in [-0.25, -0.2) is 0 Å². The molecule has 0 amide bonds. The van der Waals surface area contributed by atoms with Crippen LogP contribution >= 0.6 is 0 Å². The normalized spacial score (nSPS) is 24.0. The van der Waals surface area contributed by atoms with Crippen LogP contribution in [0.5, 0.6) is 5.75 Å². The number of hydrogen-bond donors (Lipinski definition) is 0. The number of nitrogens with zero attached hydrogens (tertiary/aromatic N) is 1. The van der Waals surface area contributed by atoms with Crippen molar-refractivity contribution < 1.29 is 14.2 Å². The van der Waals surface area contributed by atoms with Crippen molar-refractivity contribution in [1.29, 1.82) is 0 Å². The van der Waals surface area contributed by atoms with Crippen LogP contribution in [0.3, 0.4) is 0 Å². The molecule has 1 heterocycles. The zero-order chi connectivity index (χ0) is 14.9. The van der Waals surface area contributed by atoms with Gasteiger partial charge in [0.2, 0.25) is 0 Å². The third-order valence-electron chi connectivity index (χ3n) is 4.26. The molecule has 3 nitrogen and oxygen atoms in total. The van der Waals surface area contributed by atoms with Gasteiger partial charge in [-0.1, -0.05) is 30.3 Å². The molecule has 0 spiro atoms. The first kappa shape index (κ1) is 14.1. The summed E-state index contributed by atoms with van der Waals surface area (Å²) in [5.74, 6) is 0.891. The Labute approximate surface area is 126 Å². The maximum absolute atomic E-state index is 6.26. The van der Waals surface area contributed by atoms with Gasteiger partial charge in [0.1, 0.15) is 17.9 Å². The van der Waals surface area contributed by atoms with Gasteiger partial charge >= 0.3 is 0 Å². The Morgan fingerprint density at radius 3 is 2.24 bits per heavy atom. The monoisotopic (exact) mass is 284 g/mol. The first-order chi connectivity index (χ1) is 10.1. The van der Waals surface area contributed by atoms with Gasteiger partial charge in [-0.15, -0.1) is 0 Å². The van der Waals surface area contributed by atoms with Crippen molar-refractivity contribution in [3.05, 3.63) is 65.7 Å². The van der Waals surface area contributed by atoms with Crippen LogP contribution in [0.1, 0.15) is 29.7 Å². The van der Waals surface area contributed by atoms with Crippen LogP contribution in [0.2, 0.25) is 0 Å². The highest BCUT2D eigenvalue weighted by molar-refractivity contribution is 5.29. The summed E-state index contributed by atoms with van der Waals surface area (Å²) in [5, 5.41) is 0. The molecule has 1 fully saturated rings. The molecular formula is C18H22NO2+. The molecule has 0 saturated carbocycles. The van der Waals surface area contributed by atoms with Crippen LogP contribution in [-0.4, -0.2) is 25.9 Å². The number of ether oxygens (including phenoxy) is 1. The molecule has 21 heavy (non-hydrogen) atoms. The zero-order valence-electron chi connectivity index (χ0n) is 12.8. The van der Waals surface area contributed by atoms with Crippen LogP contribution in [0.4, 0.5) is 0 Å². The lowest BCUT2D eigenvalue weighted by molar-refractivity contribution is -1.09. The summed E-state index contributed by atoms with van der Waals surface area (Å²) < 4.78 is 5.79. The Hall–Kier alpha value is -1.84. The average Bonchev–Trinajstić information content (AvgIpc) is 2.84. The summed E-state index contributed by atoms with van der Waals surface area (Å²) in [4.78, 5) is 6.26. The second kappa shape index (κ2) is 5.51. The fourth-order valence-electron chi connectivity index (χ4n) is 3.09. The van der Waals surface area contributed by atoms with Gasteiger partial charge in [-0.3, -0.25) is 0 Å². The number of methoxy groups -OCH3 is 1. The minimum atomic E-state index is 0.147. The van der Waals surface area contributed by atoms with Crippen LogP contribution in [0.15, 0.2) is 54.6 Å². The smallest absolute Gasteiger partial charge is 0.148 e. The Bertz CT molecular complexity index is 592. The van der Waals surface area contributed by atoms with E-state index in [-0.39, 0.29) is 6.10 Å². The van der Waals surface area contributed by atoms with E-state index in [0.29, 0.717) is 10.7 Å². The van der Waals surface area contributed by atoms with E-state index in [1.54, 1.807) is 7.11 Å². The quantitative estimate of drug-likeness (QED) is 0.796. The highest BCUT2D eigenvalue weighted by atomic mass is 16.7. The molecule has 2 atom stereocenters. The molecule has 0 bridgehead atoms. The Kier molecular flexibility index (Phi) is 3.70. The van der Waals surface area contributed by atoms with Gasteiger partial charge in [0.05, 0.1) is 21.2 Å². The lowest BCUT2D eigenvalue weighted by Crippen LogP contribution is -2.37. The zero-order valence-corrected chi connectivity index (χ0v) is 12.8. The van der Waals surface area contributed by atoms with E-state index < -0.39 is 0 Å². The molecule has 2 unspecified atom stereocenters. The van der Waals surface area contributed by atoms with E-state index >= 15 is 0 Å². The second-order valence-electron chi connectivity index (χ2n) is 5.96. The molecule has 1 saturated heterocycles. The van der Waals surface area contributed by atoms with Crippen LogP contribution in [0.25, 0.3) is 0 Å². The molecule has 0 aliphatic carbocycles. The predicted octanol–water partition coefficient (Wildman–Crippen LogP) is 3.89. The molecule has 2 aromatic rings. The first-order valence-electron chi connectivity index (χ1n) is 7.31. The van der Waals surface area contributed by atoms with Crippen molar-refractivity contribution in [2.24, 2.45) is 0 Å². The van der Waals surface area contributed by atoms with Crippen LogP contribution < -0.4 is 4.74 Å². The lowest BCUT2D eigenvalue weighted by atomic mass is 9.97. The first-order valence-corrected chi connectivity index (χ1v) is 7.31.